The van der Waals surface area contributed by atoms with Crippen LogP contribution in [0.15, 0.2) is 24.3 Å². The molecule has 1 N–H and O–H groups in total. The lowest BCUT2D eigenvalue weighted by Gasteiger charge is -2.47. The standard InChI is InChI=1S/C21H27ClN4O2/c1-3-14-11-15(22)12-18(27)21(14)16-5-6-20(24-23-16)26-9-10-28-19-7-8-25(4-2)13-17(19)26/h5-6,11-12,17,19,27H,3-4,7-10,13H2,1-2H3/t17-,19+/m0/s1. The number of ether oxygens (including phenoxy) is 1. The van der Waals surface area contributed by atoms with Gasteiger partial charge in [-0.1, -0.05) is 25.4 Å². The number of piperidine rings is 1. The van der Waals surface area contributed by atoms with E-state index in [1.54, 1.807) is 6.07 Å². The summed E-state index contributed by atoms with van der Waals surface area (Å²) in [6, 6.07) is 7.68. The van der Waals surface area contributed by atoms with E-state index < -0.39 is 0 Å². The van der Waals surface area contributed by atoms with Gasteiger partial charge in [-0.05, 0) is 49.2 Å². The van der Waals surface area contributed by atoms with Gasteiger partial charge in [0.2, 0.25) is 0 Å². The van der Waals surface area contributed by atoms with Crippen LogP contribution in [0.4, 0.5) is 5.82 Å². The van der Waals surface area contributed by atoms with Crippen molar-refractivity contribution in [3.05, 3.63) is 34.9 Å². The number of aromatic nitrogens is 2. The van der Waals surface area contributed by atoms with Gasteiger partial charge >= 0.3 is 0 Å². The van der Waals surface area contributed by atoms with Crippen LogP contribution in [-0.2, 0) is 11.2 Å². The minimum atomic E-state index is 0.142. The van der Waals surface area contributed by atoms with E-state index in [1.807, 2.05) is 25.1 Å². The van der Waals surface area contributed by atoms with Crippen molar-refractivity contribution in [3.63, 3.8) is 0 Å². The molecular weight excluding hydrogens is 376 g/mol. The molecule has 0 bridgehead atoms. The Morgan fingerprint density at radius 1 is 1.21 bits per heavy atom. The molecule has 3 heterocycles. The molecule has 2 aliphatic rings. The molecule has 0 radical (unpaired) electrons. The number of halogens is 1. The fourth-order valence-corrected chi connectivity index (χ4v) is 4.58. The first-order valence-corrected chi connectivity index (χ1v) is 10.4. The summed E-state index contributed by atoms with van der Waals surface area (Å²) in [7, 11) is 0. The van der Waals surface area contributed by atoms with Crippen LogP contribution in [0.5, 0.6) is 5.75 Å². The van der Waals surface area contributed by atoms with Crippen molar-refractivity contribution >= 4 is 17.4 Å². The van der Waals surface area contributed by atoms with Crippen LogP contribution < -0.4 is 4.90 Å². The molecule has 0 spiro atoms. The summed E-state index contributed by atoms with van der Waals surface area (Å²) in [6.45, 7) is 8.90. The molecule has 1 aromatic heterocycles. The molecule has 4 rings (SSSR count). The second kappa shape index (κ2) is 8.23. The molecule has 2 atom stereocenters. The third kappa shape index (κ3) is 3.69. The Labute approximate surface area is 171 Å². The monoisotopic (exact) mass is 402 g/mol. The van der Waals surface area contributed by atoms with E-state index in [-0.39, 0.29) is 11.9 Å². The number of phenolic OH excluding ortho intramolecular Hbond substituents is 1. The molecule has 0 aliphatic carbocycles. The topological polar surface area (TPSA) is 61.7 Å². The number of nitrogens with zero attached hydrogens (tertiary/aromatic N) is 4. The highest BCUT2D eigenvalue weighted by Gasteiger charge is 2.37. The summed E-state index contributed by atoms with van der Waals surface area (Å²) < 4.78 is 6.01. The van der Waals surface area contributed by atoms with Gasteiger partial charge in [0.05, 0.1) is 24.4 Å². The van der Waals surface area contributed by atoms with Crippen molar-refractivity contribution in [2.45, 2.75) is 38.8 Å². The maximum Gasteiger partial charge on any atom is 0.151 e. The average Bonchev–Trinajstić information content (AvgIpc) is 2.72. The van der Waals surface area contributed by atoms with Gasteiger partial charge in [0.1, 0.15) is 5.75 Å². The van der Waals surface area contributed by atoms with Crippen LogP contribution in [0, 0.1) is 0 Å². The molecule has 7 heteroatoms. The third-order valence-electron chi connectivity index (χ3n) is 5.86. The zero-order valence-electron chi connectivity index (χ0n) is 16.4. The predicted octanol–water partition coefficient (Wildman–Crippen LogP) is 3.36. The average molecular weight is 403 g/mol. The summed E-state index contributed by atoms with van der Waals surface area (Å²) in [5.74, 6) is 1.01. The molecule has 2 aliphatic heterocycles. The first-order valence-electron chi connectivity index (χ1n) is 10.1. The lowest BCUT2D eigenvalue weighted by atomic mass is 9.98. The number of aryl methyl sites for hydroxylation is 1. The van der Waals surface area contributed by atoms with Gasteiger partial charge in [-0.25, -0.2) is 0 Å². The molecule has 2 aromatic rings. The van der Waals surface area contributed by atoms with Crippen LogP contribution in [0.25, 0.3) is 11.3 Å². The lowest BCUT2D eigenvalue weighted by Crippen LogP contribution is -2.60. The van der Waals surface area contributed by atoms with Gasteiger partial charge in [-0.2, -0.15) is 0 Å². The van der Waals surface area contributed by atoms with Gasteiger partial charge in [0.25, 0.3) is 0 Å². The van der Waals surface area contributed by atoms with Crippen LogP contribution in [-0.4, -0.2) is 65.1 Å². The van der Waals surface area contributed by atoms with E-state index >= 15 is 0 Å². The van der Waals surface area contributed by atoms with E-state index in [0.29, 0.717) is 28.9 Å². The number of rotatable bonds is 4. The van der Waals surface area contributed by atoms with Crippen LogP contribution >= 0.6 is 11.6 Å². The summed E-state index contributed by atoms with van der Waals surface area (Å²) >= 11 is 6.09. The number of hydrogen-bond acceptors (Lipinski definition) is 6. The number of benzene rings is 1. The predicted molar refractivity (Wildman–Crippen MR) is 111 cm³/mol. The largest absolute Gasteiger partial charge is 0.507 e. The minimum absolute atomic E-state index is 0.142. The van der Waals surface area contributed by atoms with Crippen molar-refractivity contribution < 1.29 is 9.84 Å². The zero-order chi connectivity index (χ0) is 19.7. The summed E-state index contributed by atoms with van der Waals surface area (Å²) in [6.07, 6.45) is 2.07. The number of likely N-dealkylation sites (N-methyl/N-ethyl adjacent to an activating group) is 1. The molecule has 1 aromatic carbocycles. The fourth-order valence-electron chi connectivity index (χ4n) is 4.34. The van der Waals surface area contributed by atoms with Crippen molar-refractivity contribution in [1.29, 1.82) is 0 Å². The molecule has 0 amide bonds. The van der Waals surface area contributed by atoms with Crippen LogP contribution in [0.1, 0.15) is 25.8 Å². The molecule has 6 nitrogen and oxygen atoms in total. The van der Waals surface area contributed by atoms with Crippen molar-refractivity contribution in [2.75, 3.05) is 37.7 Å². The number of anilines is 1. The van der Waals surface area contributed by atoms with Crippen LogP contribution in [0.3, 0.4) is 0 Å². The molecule has 28 heavy (non-hydrogen) atoms. The number of aromatic hydroxyl groups is 1. The summed E-state index contributed by atoms with van der Waals surface area (Å²) in [4.78, 5) is 4.79. The van der Waals surface area contributed by atoms with E-state index in [0.717, 1.165) is 50.4 Å². The Balaban J connectivity index is 1.61. The molecule has 0 saturated carbocycles. The zero-order valence-corrected chi connectivity index (χ0v) is 17.2. The normalized spacial score (nSPS) is 22.9. The first-order chi connectivity index (χ1) is 13.6. The first kappa shape index (κ1) is 19.4. The maximum absolute atomic E-state index is 10.4. The molecule has 2 fully saturated rings. The van der Waals surface area contributed by atoms with Gasteiger partial charge < -0.3 is 19.6 Å². The Kier molecular flexibility index (Phi) is 5.71. The number of hydrogen-bond donors (Lipinski definition) is 1. The summed E-state index contributed by atoms with van der Waals surface area (Å²) in [5.41, 5.74) is 2.34. The molecule has 150 valence electrons. The van der Waals surface area contributed by atoms with Crippen molar-refractivity contribution in [1.82, 2.24) is 15.1 Å². The SMILES string of the molecule is CCc1cc(Cl)cc(O)c1-c1ccc(N2CCO[C@@H]3CCN(CC)C[C@@H]32)nn1. The van der Waals surface area contributed by atoms with Gasteiger partial charge in [0.15, 0.2) is 5.82 Å². The third-order valence-corrected chi connectivity index (χ3v) is 6.08. The highest BCUT2D eigenvalue weighted by atomic mass is 35.5. The highest BCUT2D eigenvalue weighted by Crippen LogP contribution is 2.35. The van der Waals surface area contributed by atoms with Crippen molar-refractivity contribution in [2.24, 2.45) is 0 Å². The Hall–Kier alpha value is -1.89. The molecule has 0 unspecified atom stereocenters. The fraction of sp³-hybridized carbons (Fsp3) is 0.524. The lowest BCUT2D eigenvalue weighted by molar-refractivity contribution is -0.0282. The second-order valence-corrected chi connectivity index (χ2v) is 7.88. The minimum Gasteiger partial charge on any atom is -0.507 e. The highest BCUT2D eigenvalue weighted by molar-refractivity contribution is 6.31. The summed E-state index contributed by atoms with van der Waals surface area (Å²) in [5, 5.41) is 19.9. The number of morpholine rings is 1. The quantitative estimate of drug-likeness (QED) is 0.846. The van der Waals surface area contributed by atoms with Gasteiger partial charge in [-0.15, -0.1) is 10.2 Å². The smallest absolute Gasteiger partial charge is 0.151 e. The number of phenols is 1. The maximum atomic E-state index is 10.4. The Bertz CT molecular complexity index is 830. The van der Waals surface area contributed by atoms with E-state index in [1.165, 1.54) is 0 Å². The van der Waals surface area contributed by atoms with Crippen LogP contribution in [0.2, 0.25) is 5.02 Å². The van der Waals surface area contributed by atoms with E-state index in [2.05, 4.69) is 26.9 Å². The van der Waals surface area contributed by atoms with Crippen molar-refractivity contribution in [3.8, 4) is 17.0 Å². The Morgan fingerprint density at radius 3 is 2.79 bits per heavy atom. The molecular formula is C21H27ClN4O2. The molecule has 2 saturated heterocycles. The van der Waals surface area contributed by atoms with Gasteiger partial charge in [0, 0.05) is 30.2 Å². The van der Waals surface area contributed by atoms with Gasteiger partial charge in [-0.3, -0.25) is 0 Å². The Morgan fingerprint density at radius 2 is 2.07 bits per heavy atom. The van der Waals surface area contributed by atoms with E-state index in [4.69, 9.17) is 16.3 Å². The number of likely N-dealkylation sites (tertiary alicyclic amines) is 1. The van der Waals surface area contributed by atoms with E-state index in [9.17, 15) is 5.11 Å². The number of fused-ring (bicyclic) bond motifs is 1. The second-order valence-electron chi connectivity index (χ2n) is 7.44.